The maximum absolute atomic E-state index is 8.81. The van der Waals surface area contributed by atoms with Crippen molar-refractivity contribution in [3.63, 3.8) is 0 Å². The van der Waals surface area contributed by atoms with E-state index in [2.05, 4.69) is 10.1 Å². The first-order chi connectivity index (χ1) is 10.1. The van der Waals surface area contributed by atoms with E-state index < -0.39 is 4.92 Å². The monoisotopic (exact) mass is 286 g/mol. The molecular formula is C14H14N4O3. The molecule has 2 heterocycles. The van der Waals surface area contributed by atoms with Crippen LogP contribution in [-0.4, -0.2) is 26.7 Å². The Hall–Kier alpha value is -2.96. The molecule has 3 rings (SSSR count). The van der Waals surface area contributed by atoms with E-state index in [1.54, 1.807) is 17.1 Å². The Morgan fingerprint density at radius 1 is 1.29 bits per heavy atom. The van der Waals surface area contributed by atoms with E-state index in [1.807, 2.05) is 43.6 Å². The molecule has 0 aliphatic heterocycles. The molecule has 21 heavy (non-hydrogen) atoms. The Kier molecular flexibility index (Phi) is 4.45. The van der Waals surface area contributed by atoms with Crippen LogP contribution in [0.25, 0.3) is 22.7 Å². The number of rotatable bonds is 2. The van der Waals surface area contributed by atoms with E-state index in [0.717, 1.165) is 23.9 Å². The van der Waals surface area contributed by atoms with Crippen LogP contribution in [0.15, 0.2) is 53.4 Å². The number of hydrogen-bond acceptors (Lipinski definition) is 5. The van der Waals surface area contributed by atoms with E-state index in [0.29, 0.717) is 5.89 Å². The summed E-state index contributed by atoms with van der Waals surface area (Å²) < 4.78 is 7.10. The van der Waals surface area contributed by atoms with Gasteiger partial charge in [-0.3, -0.25) is 14.8 Å². The Balaban J connectivity index is 0.000000361. The SMILES string of the molecule is C[N+](=O)[O-].Cn1cc(-c2ncco2)c(-c2ccccc2)n1. The Bertz CT molecular complexity index is 701. The average Bonchev–Trinajstić information content (AvgIpc) is 3.07. The topological polar surface area (TPSA) is 87.0 Å². The highest BCUT2D eigenvalue weighted by Gasteiger charge is 2.14. The first-order valence-electron chi connectivity index (χ1n) is 6.15. The molecular weight excluding hydrogens is 272 g/mol. The van der Waals surface area contributed by atoms with E-state index in [1.165, 1.54) is 0 Å². The third-order valence-corrected chi connectivity index (χ3v) is 2.54. The van der Waals surface area contributed by atoms with Crippen LogP contribution < -0.4 is 0 Å². The molecule has 7 heteroatoms. The molecule has 0 radical (unpaired) electrons. The Morgan fingerprint density at radius 2 is 1.95 bits per heavy atom. The average molecular weight is 286 g/mol. The van der Waals surface area contributed by atoms with Gasteiger partial charge in [0.2, 0.25) is 5.89 Å². The minimum atomic E-state index is -0.500. The smallest absolute Gasteiger partial charge is 0.229 e. The number of nitrogens with zero attached hydrogens (tertiary/aromatic N) is 4. The summed E-state index contributed by atoms with van der Waals surface area (Å²) in [4.78, 5) is 12.5. The number of aromatic nitrogens is 3. The van der Waals surface area contributed by atoms with Crippen LogP contribution in [0.5, 0.6) is 0 Å². The van der Waals surface area contributed by atoms with Gasteiger partial charge in [0.05, 0.1) is 11.8 Å². The standard InChI is InChI=1S/C13H11N3O.CH3NO2/c1-16-9-11(13-14-7-8-17-13)12(15-16)10-5-3-2-4-6-10;1-2(3)4/h2-9H,1H3;1H3. The van der Waals surface area contributed by atoms with Crippen LogP contribution in [0.2, 0.25) is 0 Å². The molecule has 0 saturated carbocycles. The lowest BCUT2D eigenvalue weighted by Gasteiger charge is -1.98. The zero-order valence-corrected chi connectivity index (χ0v) is 11.6. The lowest BCUT2D eigenvalue weighted by Crippen LogP contribution is -1.87. The number of oxazole rings is 1. The van der Waals surface area contributed by atoms with Crippen LogP contribution in [0, 0.1) is 10.1 Å². The lowest BCUT2D eigenvalue weighted by atomic mass is 10.1. The lowest BCUT2D eigenvalue weighted by molar-refractivity contribution is -0.445. The second kappa shape index (κ2) is 6.47. The molecule has 3 aromatic rings. The molecule has 0 amide bonds. The van der Waals surface area contributed by atoms with Crippen molar-refractivity contribution in [2.75, 3.05) is 7.05 Å². The maximum Gasteiger partial charge on any atom is 0.229 e. The number of hydrogen-bond donors (Lipinski definition) is 0. The molecule has 108 valence electrons. The molecule has 7 nitrogen and oxygen atoms in total. The van der Waals surface area contributed by atoms with Gasteiger partial charge in [0.25, 0.3) is 0 Å². The van der Waals surface area contributed by atoms with Gasteiger partial charge >= 0.3 is 0 Å². The number of nitro groups is 1. The summed E-state index contributed by atoms with van der Waals surface area (Å²) in [7, 11) is 2.78. The zero-order chi connectivity index (χ0) is 15.2. The van der Waals surface area contributed by atoms with Crippen molar-refractivity contribution in [3.05, 3.63) is 59.1 Å². The predicted molar refractivity (Wildman–Crippen MR) is 77.1 cm³/mol. The third kappa shape index (κ3) is 3.75. The minimum Gasteiger partial charge on any atom is -0.444 e. The van der Waals surface area contributed by atoms with E-state index in [-0.39, 0.29) is 0 Å². The molecule has 0 unspecified atom stereocenters. The zero-order valence-electron chi connectivity index (χ0n) is 11.6. The maximum atomic E-state index is 8.81. The van der Waals surface area contributed by atoms with Gasteiger partial charge in [-0.05, 0) is 0 Å². The van der Waals surface area contributed by atoms with E-state index in [9.17, 15) is 0 Å². The molecule has 0 N–H and O–H groups in total. The fourth-order valence-corrected chi connectivity index (χ4v) is 1.81. The second-order valence-electron chi connectivity index (χ2n) is 4.21. The predicted octanol–water partition coefficient (Wildman–Crippen LogP) is 2.64. The summed E-state index contributed by atoms with van der Waals surface area (Å²) in [6, 6.07) is 10.0. The van der Waals surface area contributed by atoms with Gasteiger partial charge < -0.3 is 4.42 Å². The summed E-state index contributed by atoms with van der Waals surface area (Å²) in [6.07, 6.45) is 5.11. The fourth-order valence-electron chi connectivity index (χ4n) is 1.81. The largest absolute Gasteiger partial charge is 0.444 e. The van der Waals surface area contributed by atoms with Gasteiger partial charge in [0, 0.05) is 23.7 Å². The number of benzene rings is 1. The van der Waals surface area contributed by atoms with Crippen molar-refractivity contribution in [1.29, 1.82) is 0 Å². The normalized spacial score (nSPS) is 9.81. The van der Waals surface area contributed by atoms with Crippen LogP contribution in [-0.2, 0) is 7.05 Å². The highest BCUT2D eigenvalue weighted by Crippen LogP contribution is 2.29. The van der Waals surface area contributed by atoms with Crippen molar-refractivity contribution in [1.82, 2.24) is 14.8 Å². The second-order valence-corrected chi connectivity index (χ2v) is 4.21. The van der Waals surface area contributed by atoms with Crippen molar-refractivity contribution in [2.24, 2.45) is 7.05 Å². The van der Waals surface area contributed by atoms with Crippen molar-refractivity contribution in [2.45, 2.75) is 0 Å². The first kappa shape index (κ1) is 14.4. The molecule has 0 saturated heterocycles. The summed E-state index contributed by atoms with van der Waals surface area (Å²) in [5.41, 5.74) is 2.85. The highest BCUT2D eigenvalue weighted by atomic mass is 16.6. The van der Waals surface area contributed by atoms with E-state index >= 15 is 0 Å². The summed E-state index contributed by atoms with van der Waals surface area (Å²) in [5.74, 6) is 0.594. The van der Waals surface area contributed by atoms with Crippen molar-refractivity contribution in [3.8, 4) is 22.7 Å². The summed E-state index contributed by atoms with van der Waals surface area (Å²) in [6.45, 7) is 0. The Labute approximate surface area is 121 Å². The molecule has 0 spiro atoms. The van der Waals surface area contributed by atoms with Crippen molar-refractivity contribution < 1.29 is 9.34 Å². The quantitative estimate of drug-likeness (QED) is 0.534. The molecule has 0 aliphatic carbocycles. The number of aryl methyl sites for hydroxylation is 1. The minimum absolute atomic E-state index is 0.500. The van der Waals surface area contributed by atoms with E-state index in [4.69, 9.17) is 14.5 Å². The highest BCUT2D eigenvalue weighted by molar-refractivity contribution is 5.76. The summed E-state index contributed by atoms with van der Waals surface area (Å²) >= 11 is 0. The molecule has 0 atom stereocenters. The van der Waals surface area contributed by atoms with Crippen LogP contribution in [0.3, 0.4) is 0 Å². The molecule has 0 fully saturated rings. The fraction of sp³-hybridized carbons (Fsp3) is 0.143. The summed E-state index contributed by atoms with van der Waals surface area (Å²) in [5, 5.41) is 13.3. The van der Waals surface area contributed by atoms with Crippen LogP contribution >= 0.6 is 0 Å². The molecule has 1 aromatic carbocycles. The Morgan fingerprint density at radius 3 is 2.52 bits per heavy atom. The molecule has 2 aromatic heterocycles. The van der Waals surface area contributed by atoms with Gasteiger partial charge in [0.1, 0.15) is 12.0 Å². The van der Waals surface area contributed by atoms with Gasteiger partial charge in [0.15, 0.2) is 7.05 Å². The van der Waals surface area contributed by atoms with Crippen LogP contribution in [0.4, 0.5) is 0 Å². The first-order valence-corrected chi connectivity index (χ1v) is 6.15. The molecule has 0 bridgehead atoms. The van der Waals surface area contributed by atoms with Gasteiger partial charge in [-0.2, -0.15) is 5.10 Å². The van der Waals surface area contributed by atoms with Crippen LogP contribution in [0.1, 0.15) is 0 Å². The van der Waals surface area contributed by atoms with Gasteiger partial charge in [-0.15, -0.1) is 0 Å². The molecule has 0 aliphatic rings. The van der Waals surface area contributed by atoms with Gasteiger partial charge in [-0.1, -0.05) is 30.3 Å². The third-order valence-electron chi connectivity index (χ3n) is 2.54. The van der Waals surface area contributed by atoms with Crippen molar-refractivity contribution >= 4 is 0 Å². The van der Waals surface area contributed by atoms with Gasteiger partial charge in [-0.25, -0.2) is 4.98 Å².